The van der Waals surface area contributed by atoms with Gasteiger partial charge in [-0.15, -0.1) is 0 Å². The Labute approximate surface area is 128 Å². The molecule has 1 aromatic carbocycles. The average molecular weight is 296 g/mol. The van der Waals surface area contributed by atoms with Crippen molar-refractivity contribution in [1.29, 1.82) is 0 Å². The van der Waals surface area contributed by atoms with Gasteiger partial charge in [-0.2, -0.15) is 0 Å². The van der Waals surface area contributed by atoms with Crippen molar-refractivity contribution >= 4 is 23.2 Å². The number of aromatic nitrogens is 2. The number of nitrogens with one attached hydrogen (secondary N) is 2. The van der Waals surface area contributed by atoms with E-state index in [1.165, 1.54) is 13.3 Å². The average Bonchev–Trinajstić information content (AvgIpc) is 3.32. The van der Waals surface area contributed by atoms with E-state index in [4.69, 9.17) is 0 Å². The van der Waals surface area contributed by atoms with E-state index in [1.807, 2.05) is 0 Å². The molecular formula is C16H16N4O2. The van der Waals surface area contributed by atoms with Crippen LogP contribution in [-0.2, 0) is 0 Å². The Hall–Kier alpha value is -2.76. The summed E-state index contributed by atoms with van der Waals surface area (Å²) in [6, 6.07) is 8.84. The van der Waals surface area contributed by atoms with Crippen LogP contribution in [0.5, 0.6) is 0 Å². The Morgan fingerprint density at radius 2 is 1.86 bits per heavy atom. The van der Waals surface area contributed by atoms with Crippen LogP contribution in [0.25, 0.3) is 0 Å². The van der Waals surface area contributed by atoms with Gasteiger partial charge in [-0.1, -0.05) is 0 Å². The molecule has 1 aliphatic carbocycles. The highest BCUT2D eigenvalue weighted by Crippen LogP contribution is 2.23. The lowest BCUT2D eigenvalue weighted by atomic mass is 10.1. The first-order valence-electron chi connectivity index (χ1n) is 7.13. The summed E-state index contributed by atoms with van der Waals surface area (Å²) in [6.07, 6.45) is 3.64. The van der Waals surface area contributed by atoms with Crippen molar-refractivity contribution in [2.24, 2.45) is 0 Å². The van der Waals surface area contributed by atoms with Crippen molar-refractivity contribution in [3.8, 4) is 0 Å². The summed E-state index contributed by atoms with van der Waals surface area (Å²) in [5.74, 6) is 0.343. The van der Waals surface area contributed by atoms with Crippen molar-refractivity contribution in [3.05, 3.63) is 47.9 Å². The molecule has 0 aliphatic heterocycles. The third kappa shape index (κ3) is 3.46. The van der Waals surface area contributed by atoms with E-state index in [0.29, 0.717) is 28.8 Å². The number of carbonyl (C=O) groups is 2. The van der Waals surface area contributed by atoms with E-state index in [0.717, 1.165) is 12.8 Å². The van der Waals surface area contributed by atoms with E-state index < -0.39 is 0 Å². The maximum atomic E-state index is 12.2. The van der Waals surface area contributed by atoms with Gasteiger partial charge in [0.15, 0.2) is 5.78 Å². The molecule has 0 radical (unpaired) electrons. The third-order valence-electron chi connectivity index (χ3n) is 3.38. The second-order valence-electron chi connectivity index (χ2n) is 5.29. The number of ketones is 1. The second kappa shape index (κ2) is 5.93. The lowest BCUT2D eigenvalue weighted by Crippen LogP contribution is -2.15. The molecule has 1 saturated carbocycles. The number of anilines is 2. The summed E-state index contributed by atoms with van der Waals surface area (Å²) >= 11 is 0. The van der Waals surface area contributed by atoms with Crippen LogP contribution in [0.3, 0.4) is 0 Å². The minimum atomic E-state index is -0.308. The van der Waals surface area contributed by atoms with Crippen molar-refractivity contribution in [2.75, 3.05) is 10.6 Å². The number of nitrogens with zero attached hydrogens (tertiary/aromatic N) is 2. The van der Waals surface area contributed by atoms with Crippen molar-refractivity contribution in [2.45, 2.75) is 25.8 Å². The van der Waals surface area contributed by atoms with Gasteiger partial charge in [0.2, 0.25) is 0 Å². The zero-order valence-corrected chi connectivity index (χ0v) is 12.2. The predicted molar refractivity (Wildman–Crippen MR) is 83.1 cm³/mol. The predicted octanol–water partition coefficient (Wildman–Crippen LogP) is 2.51. The Balaban J connectivity index is 1.69. The van der Waals surface area contributed by atoms with Crippen LogP contribution in [0.1, 0.15) is 40.6 Å². The smallest absolute Gasteiger partial charge is 0.274 e. The van der Waals surface area contributed by atoms with E-state index in [2.05, 4.69) is 20.6 Å². The molecule has 1 fully saturated rings. The lowest BCUT2D eigenvalue weighted by Gasteiger charge is -2.07. The van der Waals surface area contributed by atoms with E-state index in [-0.39, 0.29) is 11.7 Å². The van der Waals surface area contributed by atoms with E-state index in [1.54, 1.807) is 30.3 Å². The number of benzene rings is 1. The molecule has 6 heteroatoms. The molecular weight excluding hydrogens is 280 g/mol. The van der Waals surface area contributed by atoms with Gasteiger partial charge in [0.1, 0.15) is 17.8 Å². The zero-order valence-electron chi connectivity index (χ0n) is 12.2. The Morgan fingerprint density at radius 1 is 1.14 bits per heavy atom. The summed E-state index contributed by atoms with van der Waals surface area (Å²) in [5, 5.41) is 5.98. The van der Waals surface area contributed by atoms with Gasteiger partial charge in [0.05, 0.1) is 0 Å². The number of carbonyl (C=O) groups excluding carboxylic acids is 2. The minimum Gasteiger partial charge on any atom is -0.367 e. The highest BCUT2D eigenvalue weighted by atomic mass is 16.2. The van der Waals surface area contributed by atoms with Crippen LogP contribution in [0.2, 0.25) is 0 Å². The van der Waals surface area contributed by atoms with Gasteiger partial charge in [0.25, 0.3) is 5.91 Å². The van der Waals surface area contributed by atoms with Gasteiger partial charge in [-0.25, -0.2) is 9.97 Å². The van der Waals surface area contributed by atoms with Crippen molar-refractivity contribution < 1.29 is 9.59 Å². The number of rotatable bonds is 5. The highest BCUT2D eigenvalue weighted by molar-refractivity contribution is 6.03. The first-order chi connectivity index (χ1) is 10.6. The van der Waals surface area contributed by atoms with Crippen LogP contribution in [-0.4, -0.2) is 27.7 Å². The normalized spacial score (nSPS) is 13.5. The third-order valence-corrected chi connectivity index (χ3v) is 3.38. The molecule has 0 atom stereocenters. The fraction of sp³-hybridized carbons (Fsp3) is 0.250. The minimum absolute atomic E-state index is 0.00975. The molecule has 112 valence electrons. The van der Waals surface area contributed by atoms with Gasteiger partial charge >= 0.3 is 0 Å². The summed E-state index contributed by atoms with van der Waals surface area (Å²) in [4.78, 5) is 31.5. The zero-order chi connectivity index (χ0) is 15.5. The first-order valence-corrected chi connectivity index (χ1v) is 7.13. The molecule has 22 heavy (non-hydrogen) atoms. The molecule has 2 aromatic rings. The second-order valence-corrected chi connectivity index (χ2v) is 5.29. The van der Waals surface area contributed by atoms with Crippen LogP contribution in [0.15, 0.2) is 36.7 Å². The molecule has 0 bridgehead atoms. The molecule has 0 saturated heterocycles. The Bertz CT molecular complexity index is 708. The van der Waals surface area contributed by atoms with E-state index in [9.17, 15) is 9.59 Å². The number of hydrogen-bond donors (Lipinski definition) is 2. The Morgan fingerprint density at radius 3 is 2.50 bits per heavy atom. The molecule has 3 rings (SSSR count). The highest BCUT2D eigenvalue weighted by Gasteiger charge is 2.21. The summed E-state index contributed by atoms with van der Waals surface area (Å²) in [7, 11) is 0. The van der Waals surface area contributed by atoms with Crippen molar-refractivity contribution in [3.63, 3.8) is 0 Å². The van der Waals surface area contributed by atoms with Gasteiger partial charge in [0, 0.05) is 23.4 Å². The topological polar surface area (TPSA) is 84.0 Å². The van der Waals surface area contributed by atoms with Gasteiger partial charge in [-0.05, 0) is 44.0 Å². The number of Topliss-reactive ketones (excluding diaryl/α,β-unsaturated/α-hetero) is 1. The molecule has 0 unspecified atom stereocenters. The quantitative estimate of drug-likeness (QED) is 0.828. The van der Waals surface area contributed by atoms with Gasteiger partial charge < -0.3 is 10.6 Å². The lowest BCUT2D eigenvalue weighted by molar-refractivity contribution is 0.101. The van der Waals surface area contributed by atoms with Crippen LogP contribution < -0.4 is 10.6 Å². The maximum absolute atomic E-state index is 12.2. The fourth-order valence-electron chi connectivity index (χ4n) is 1.98. The first kappa shape index (κ1) is 14.2. The standard InChI is InChI=1S/C16H16N4O2/c1-10(21)11-2-4-13(5-3-11)20-16(22)14-8-15(18-9-17-14)19-12-6-7-12/h2-5,8-9,12H,6-7H2,1H3,(H,20,22)(H,17,18,19). The number of amides is 1. The summed E-state index contributed by atoms with van der Waals surface area (Å²) < 4.78 is 0. The van der Waals surface area contributed by atoms with Crippen LogP contribution >= 0.6 is 0 Å². The molecule has 6 nitrogen and oxygen atoms in total. The SMILES string of the molecule is CC(=O)c1ccc(NC(=O)c2cc(NC3CC3)ncn2)cc1. The molecule has 1 amide bonds. The monoisotopic (exact) mass is 296 g/mol. The van der Waals surface area contributed by atoms with E-state index >= 15 is 0 Å². The maximum Gasteiger partial charge on any atom is 0.274 e. The van der Waals surface area contributed by atoms with Crippen LogP contribution in [0, 0.1) is 0 Å². The number of hydrogen-bond acceptors (Lipinski definition) is 5. The molecule has 1 aliphatic rings. The van der Waals surface area contributed by atoms with Crippen molar-refractivity contribution in [1.82, 2.24) is 9.97 Å². The molecule has 0 spiro atoms. The summed E-state index contributed by atoms with van der Waals surface area (Å²) in [6.45, 7) is 1.50. The molecule has 2 N–H and O–H groups in total. The molecule has 1 heterocycles. The Kier molecular flexibility index (Phi) is 3.82. The fourth-order valence-corrected chi connectivity index (χ4v) is 1.98. The summed E-state index contributed by atoms with van der Waals surface area (Å²) in [5.41, 5.74) is 1.52. The largest absolute Gasteiger partial charge is 0.367 e. The van der Waals surface area contributed by atoms with Crippen LogP contribution in [0.4, 0.5) is 11.5 Å². The van der Waals surface area contributed by atoms with Gasteiger partial charge in [-0.3, -0.25) is 9.59 Å². The molecule has 1 aromatic heterocycles.